The molecular weight excluding hydrogens is 414 g/mol. The largest absolute Gasteiger partial charge is 0.355 e. The number of nitrogens with one attached hydrogen (secondary N) is 1. The van der Waals surface area contributed by atoms with Gasteiger partial charge in [-0.1, -0.05) is 30.0 Å². The molecule has 8 nitrogen and oxygen atoms in total. The van der Waals surface area contributed by atoms with Gasteiger partial charge in [0.15, 0.2) is 16.7 Å². The summed E-state index contributed by atoms with van der Waals surface area (Å²) in [5, 5.41) is 9.47. The zero-order valence-corrected chi connectivity index (χ0v) is 18.2. The molecule has 0 aliphatic heterocycles. The number of H-pyrrole nitrogens is 1. The number of benzene rings is 1. The molecule has 4 aromatic rings. The zero-order valence-electron chi connectivity index (χ0n) is 17.4. The Morgan fingerprint density at radius 3 is 2.65 bits per heavy atom. The smallest absolute Gasteiger partial charge is 0.263 e. The van der Waals surface area contributed by atoms with E-state index in [1.807, 2.05) is 12.1 Å². The highest BCUT2D eigenvalue weighted by atomic mass is 32.2. The molecule has 0 amide bonds. The Morgan fingerprint density at radius 2 is 1.97 bits per heavy atom. The number of aromatic nitrogens is 5. The van der Waals surface area contributed by atoms with Crippen molar-refractivity contribution in [3.63, 3.8) is 0 Å². The summed E-state index contributed by atoms with van der Waals surface area (Å²) in [6.07, 6.45) is 1.63. The fourth-order valence-electron chi connectivity index (χ4n) is 3.88. The first kappa shape index (κ1) is 20.8. The highest BCUT2D eigenvalue weighted by molar-refractivity contribution is 7.99. The van der Waals surface area contributed by atoms with Crippen molar-refractivity contribution in [3.8, 4) is 0 Å². The Bertz CT molecular complexity index is 1430. The highest BCUT2D eigenvalue weighted by Crippen LogP contribution is 2.24. The van der Waals surface area contributed by atoms with Crippen molar-refractivity contribution < 1.29 is 9.59 Å². The number of para-hydroxylation sites is 1. The van der Waals surface area contributed by atoms with Crippen LogP contribution in [0.3, 0.4) is 0 Å². The van der Waals surface area contributed by atoms with Crippen molar-refractivity contribution in [1.82, 2.24) is 24.1 Å². The van der Waals surface area contributed by atoms with Gasteiger partial charge in [0.05, 0.1) is 22.3 Å². The lowest BCUT2D eigenvalue weighted by molar-refractivity contribution is 0.101. The van der Waals surface area contributed by atoms with Crippen molar-refractivity contribution in [2.24, 2.45) is 0 Å². The first-order valence-corrected chi connectivity index (χ1v) is 10.7. The summed E-state index contributed by atoms with van der Waals surface area (Å²) in [6.45, 7) is 9.06. The van der Waals surface area contributed by atoms with Crippen LogP contribution in [0.2, 0.25) is 0 Å². The van der Waals surface area contributed by atoms with Crippen molar-refractivity contribution in [1.29, 1.82) is 0 Å². The number of thioether (sulfide) groups is 1. The van der Waals surface area contributed by atoms with E-state index in [4.69, 9.17) is 0 Å². The lowest BCUT2D eigenvalue weighted by Crippen LogP contribution is -2.22. The van der Waals surface area contributed by atoms with Gasteiger partial charge in [-0.2, -0.15) is 0 Å². The van der Waals surface area contributed by atoms with Gasteiger partial charge < -0.3 is 4.98 Å². The molecule has 9 heteroatoms. The zero-order chi connectivity index (χ0) is 22.3. The molecule has 0 aliphatic rings. The number of carbonyl (C=O) groups is 2. The van der Waals surface area contributed by atoms with Crippen LogP contribution in [-0.4, -0.2) is 41.5 Å². The number of rotatable bonds is 7. The second-order valence-corrected chi connectivity index (χ2v) is 8.18. The van der Waals surface area contributed by atoms with Crippen LogP contribution < -0.4 is 5.56 Å². The summed E-state index contributed by atoms with van der Waals surface area (Å²) >= 11 is 1.23. The van der Waals surface area contributed by atoms with E-state index in [0.717, 1.165) is 0 Å². The van der Waals surface area contributed by atoms with E-state index >= 15 is 0 Å². The molecule has 0 radical (unpaired) electrons. The third-order valence-corrected chi connectivity index (χ3v) is 6.12. The molecule has 0 aliphatic carbocycles. The number of ketones is 2. The third-order valence-electron chi connectivity index (χ3n) is 5.19. The highest BCUT2D eigenvalue weighted by Gasteiger charge is 2.21. The standard InChI is InChI=1S/C22H21N5O3S/c1-5-10-26-20(30)15-8-6-7-9-16(15)27-21(26)24-25-22(27)31-11-17(29)19-12(2)18(14(4)28)13(3)23-19/h5-9,23H,1,10-11H2,2-4H3. The maximum absolute atomic E-state index is 12.9. The molecule has 4 rings (SSSR count). The molecule has 0 fully saturated rings. The SMILES string of the molecule is C=CCn1c(=O)c2ccccc2n2c(SCC(=O)c3[nH]c(C)c(C(C)=O)c3C)nnc12. The van der Waals surface area contributed by atoms with Crippen LogP contribution in [0.15, 0.2) is 46.9 Å². The summed E-state index contributed by atoms with van der Waals surface area (Å²) in [5.74, 6) is 0.282. The number of hydrogen-bond donors (Lipinski definition) is 1. The number of aryl methyl sites for hydroxylation is 1. The van der Waals surface area contributed by atoms with Gasteiger partial charge in [-0.05, 0) is 38.5 Å². The van der Waals surface area contributed by atoms with Gasteiger partial charge >= 0.3 is 0 Å². The maximum atomic E-state index is 12.9. The van der Waals surface area contributed by atoms with Crippen LogP contribution in [0.1, 0.15) is 39.0 Å². The molecule has 0 saturated carbocycles. The average Bonchev–Trinajstić information content (AvgIpc) is 3.30. The van der Waals surface area contributed by atoms with E-state index in [-0.39, 0.29) is 22.9 Å². The number of fused-ring (bicyclic) bond motifs is 3. The van der Waals surface area contributed by atoms with Crippen molar-refractivity contribution in [2.45, 2.75) is 32.5 Å². The minimum absolute atomic E-state index is 0.0759. The van der Waals surface area contributed by atoms with E-state index in [1.165, 1.54) is 23.3 Å². The van der Waals surface area contributed by atoms with E-state index in [9.17, 15) is 14.4 Å². The molecule has 158 valence electrons. The van der Waals surface area contributed by atoms with E-state index < -0.39 is 0 Å². The van der Waals surface area contributed by atoms with Gasteiger partial charge in [0.25, 0.3) is 5.56 Å². The van der Waals surface area contributed by atoms with E-state index in [0.29, 0.717) is 50.9 Å². The van der Waals surface area contributed by atoms with Gasteiger partial charge in [0.2, 0.25) is 5.78 Å². The van der Waals surface area contributed by atoms with Crippen LogP contribution in [-0.2, 0) is 6.54 Å². The molecule has 31 heavy (non-hydrogen) atoms. The van der Waals surface area contributed by atoms with Gasteiger partial charge in [-0.25, -0.2) is 0 Å². The summed E-state index contributed by atoms with van der Waals surface area (Å²) < 4.78 is 3.29. The number of aromatic amines is 1. The lowest BCUT2D eigenvalue weighted by Gasteiger charge is -2.09. The number of nitrogens with zero attached hydrogens (tertiary/aromatic N) is 4. The quantitative estimate of drug-likeness (QED) is 0.271. The van der Waals surface area contributed by atoms with Gasteiger partial charge in [0, 0.05) is 17.8 Å². The first-order valence-electron chi connectivity index (χ1n) is 9.68. The van der Waals surface area contributed by atoms with Crippen LogP contribution in [0.4, 0.5) is 0 Å². The predicted molar refractivity (Wildman–Crippen MR) is 120 cm³/mol. The van der Waals surface area contributed by atoms with Gasteiger partial charge in [-0.15, -0.1) is 16.8 Å². The Kier molecular flexibility index (Phi) is 5.36. The Balaban J connectivity index is 1.74. The van der Waals surface area contributed by atoms with Crippen molar-refractivity contribution >= 4 is 40.0 Å². The third kappa shape index (κ3) is 3.40. The monoisotopic (exact) mass is 435 g/mol. The molecule has 0 atom stereocenters. The topological polar surface area (TPSA) is 102 Å². The summed E-state index contributed by atoms with van der Waals surface area (Å²) in [4.78, 5) is 40.6. The number of carbonyl (C=O) groups excluding carboxylic acids is 2. The van der Waals surface area contributed by atoms with Crippen molar-refractivity contribution in [2.75, 3.05) is 5.75 Å². The maximum Gasteiger partial charge on any atom is 0.263 e. The minimum atomic E-state index is -0.169. The van der Waals surface area contributed by atoms with E-state index in [2.05, 4.69) is 21.8 Å². The number of hydrogen-bond acceptors (Lipinski definition) is 6. The predicted octanol–water partition coefficient (Wildman–Crippen LogP) is 3.35. The minimum Gasteiger partial charge on any atom is -0.355 e. The summed E-state index contributed by atoms with van der Waals surface area (Å²) in [6, 6.07) is 7.23. The molecule has 0 unspecified atom stereocenters. The molecule has 3 aromatic heterocycles. The second kappa shape index (κ2) is 7.99. The number of Topliss-reactive ketones (excluding diaryl/α,β-unsaturated/α-hetero) is 2. The molecule has 1 N–H and O–H groups in total. The van der Waals surface area contributed by atoms with Gasteiger partial charge in [0.1, 0.15) is 0 Å². The molecule has 0 saturated heterocycles. The Morgan fingerprint density at radius 1 is 1.23 bits per heavy atom. The van der Waals surface area contributed by atoms with Crippen LogP contribution >= 0.6 is 11.8 Å². The molecule has 1 aromatic carbocycles. The Labute approximate surface area is 182 Å². The first-order chi connectivity index (χ1) is 14.8. The van der Waals surface area contributed by atoms with Gasteiger partial charge in [-0.3, -0.25) is 23.4 Å². The molecular formula is C22H21N5O3S. The second-order valence-electron chi connectivity index (χ2n) is 7.23. The van der Waals surface area contributed by atoms with E-state index in [1.54, 1.807) is 36.5 Å². The van der Waals surface area contributed by atoms with Crippen LogP contribution in [0.5, 0.6) is 0 Å². The molecule has 0 spiro atoms. The Hall–Kier alpha value is -3.46. The van der Waals surface area contributed by atoms with Crippen LogP contribution in [0.25, 0.3) is 16.7 Å². The normalized spacial score (nSPS) is 11.3. The van der Waals surface area contributed by atoms with Crippen LogP contribution in [0, 0.1) is 13.8 Å². The van der Waals surface area contributed by atoms with Crippen molar-refractivity contribution in [3.05, 3.63) is 69.8 Å². The molecule has 0 bridgehead atoms. The summed E-state index contributed by atoms with van der Waals surface area (Å²) in [5.41, 5.74) is 2.83. The molecule has 3 heterocycles. The summed E-state index contributed by atoms with van der Waals surface area (Å²) in [7, 11) is 0. The average molecular weight is 436 g/mol. The lowest BCUT2D eigenvalue weighted by atomic mass is 10.1. The fourth-order valence-corrected chi connectivity index (χ4v) is 4.69. The fraction of sp³-hybridized carbons (Fsp3) is 0.227. The number of allylic oxidation sites excluding steroid dienone is 1.